The lowest BCUT2D eigenvalue weighted by Gasteiger charge is -2.08. The zero-order valence-corrected chi connectivity index (χ0v) is 14.5. The summed E-state index contributed by atoms with van der Waals surface area (Å²) >= 11 is 0. The van der Waals surface area contributed by atoms with Crippen LogP contribution in [0.1, 0.15) is 17.5 Å². The summed E-state index contributed by atoms with van der Waals surface area (Å²) in [5.74, 6) is 0.275. The number of rotatable bonds is 9. The predicted molar refractivity (Wildman–Crippen MR) is 97.5 cm³/mol. The lowest BCUT2D eigenvalue weighted by Crippen LogP contribution is -2.33. The SMILES string of the molecule is COc1cccc(CCNC(=O)CC(=O)NCCc2ccccc2)c1. The molecule has 25 heavy (non-hydrogen) atoms. The summed E-state index contributed by atoms with van der Waals surface area (Å²) in [5.41, 5.74) is 2.23. The van der Waals surface area contributed by atoms with Crippen LogP contribution in [0.15, 0.2) is 54.6 Å². The van der Waals surface area contributed by atoms with Crippen LogP contribution in [0.2, 0.25) is 0 Å². The molecule has 2 amide bonds. The fourth-order valence-corrected chi connectivity index (χ4v) is 2.44. The van der Waals surface area contributed by atoms with Crippen molar-refractivity contribution >= 4 is 11.8 Å². The predicted octanol–water partition coefficient (Wildman–Crippen LogP) is 2.10. The molecule has 2 N–H and O–H groups in total. The first-order valence-corrected chi connectivity index (χ1v) is 8.37. The van der Waals surface area contributed by atoms with Crippen LogP contribution in [0.5, 0.6) is 5.75 Å². The number of benzene rings is 2. The third-order valence-corrected chi connectivity index (χ3v) is 3.77. The van der Waals surface area contributed by atoms with Crippen LogP contribution in [-0.2, 0) is 22.4 Å². The average molecular weight is 340 g/mol. The maximum Gasteiger partial charge on any atom is 0.229 e. The van der Waals surface area contributed by atoms with E-state index in [1.165, 1.54) is 0 Å². The maximum absolute atomic E-state index is 11.8. The molecule has 0 saturated heterocycles. The van der Waals surface area contributed by atoms with Gasteiger partial charge in [-0.3, -0.25) is 9.59 Å². The van der Waals surface area contributed by atoms with E-state index in [-0.39, 0.29) is 18.2 Å². The van der Waals surface area contributed by atoms with Crippen molar-refractivity contribution in [2.24, 2.45) is 0 Å². The van der Waals surface area contributed by atoms with Gasteiger partial charge in [-0.2, -0.15) is 0 Å². The quantitative estimate of drug-likeness (QED) is 0.687. The normalized spacial score (nSPS) is 10.1. The number of hydrogen-bond acceptors (Lipinski definition) is 3. The Morgan fingerprint density at radius 1 is 0.840 bits per heavy atom. The van der Waals surface area contributed by atoms with E-state index in [1.807, 2.05) is 54.6 Å². The molecule has 5 nitrogen and oxygen atoms in total. The second-order valence-corrected chi connectivity index (χ2v) is 5.71. The van der Waals surface area contributed by atoms with E-state index in [9.17, 15) is 9.59 Å². The molecule has 2 aromatic rings. The number of nitrogens with one attached hydrogen (secondary N) is 2. The molecule has 0 aliphatic heterocycles. The Morgan fingerprint density at radius 2 is 1.44 bits per heavy atom. The van der Waals surface area contributed by atoms with Gasteiger partial charge in [0.15, 0.2) is 0 Å². The van der Waals surface area contributed by atoms with E-state index in [0.717, 1.165) is 23.3 Å². The van der Waals surface area contributed by atoms with Gasteiger partial charge >= 0.3 is 0 Å². The topological polar surface area (TPSA) is 67.4 Å². The van der Waals surface area contributed by atoms with E-state index in [1.54, 1.807) is 7.11 Å². The van der Waals surface area contributed by atoms with Gasteiger partial charge in [-0.15, -0.1) is 0 Å². The van der Waals surface area contributed by atoms with Gasteiger partial charge in [0.05, 0.1) is 7.11 Å². The van der Waals surface area contributed by atoms with Crippen molar-refractivity contribution < 1.29 is 14.3 Å². The number of ether oxygens (including phenoxy) is 1. The molecule has 0 unspecified atom stereocenters. The zero-order chi connectivity index (χ0) is 17.9. The molecule has 0 aromatic heterocycles. The summed E-state index contributed by atoms with van der Waals surface area (Å²) in [4.78, 5) is 23.6. The molecule has 2 aromatic carbocycles. The van der Waals surface area contributed by atoms with Crippen molar-refractivity contribution in [3.63, 3.8) is 0 Å². The molecule has 0 bridgehead atoms. The van der Waals surface area contributed by atoms with E-state index in [2.05, 4.69) is 10.6 Å². The van der Waals surface area contributed by atoms with Gasteiger partial charge in [0.1, 0.15) is 12.2 Å². The molecular formula is C20H24N2O3. The fourth-order valence-electron chi connectivity index (χ4n) is 2.44. The van der Waals surface area contributed by atoms with Gasteiger partial charge in [0.25, 0.3) is 0 Å². The van der Waals surface area contributed by atoms with Crippen molar-refractivity contribution in [3.05, 3.63) is 65.7 Å². The van der Waals surface area contributed by atoms with E-state index in [4.69, 9.17) is 4.74 Å². The van der Waals surface area contributed by atoms with Crippen LogP contribution in [-0.4, -0.2) is 32.0 Å². The highest BCUT2D eigenvalue weighted by molar-refractivity contribution is 5.96. The van der Waals surface area contributed by atoms with Crippen LogP contribution < -0.4 is 15.4 Å². The minimum absolute atomic E-state index is 0.146. The van der Waals surface area contributed by atoms with Crippen LogP contribution in [0.4, 0.5) is 0 Å². The average Bonchev–Trinajstić information content (AvgIpc) is 2.63. The van der Waals surface area contributed by atoms with Crippen LogP contribution in [0, 0.1) is 0 Å². The highest BCUT2D eigenvalue weighted by Gasteiger charge is 2.08. The Bertz CT molecular complexity index is 686. The molecule has 132 valence electrons. The number of carbonyl (C=O) groups is 2. The van der Waals surface area contributed by atoms with Crippen molar-refractivity contribution in [2.45, 2.75) is 19.3 Å². The van der Waals surface area contributed by atoms with Gasteiger partial charge in [-0.25, -0.2) is 0 Å². The summed E-state index contributed by atoms with van der Waals surface area (Å²) in [7, 11) is 1.62. The number of hydrogen-bond donors (Lipinski definition) is 2. The van der Waals surface area contributed by atoms with Gasteiger partial charge in [0, 0.05) is 13.1 Å². The van der Waals surface area contributed by atoms with Crippen LogP contribution in [0.3, 0.4) is 0 Å². The van der Waals surface area contributed by atoms with E-state index in [0.29, 0.717) is 19.5 Å². The Kier molecular flexibility index (Phi) is 7.50. The standard InChI is InChI=1S/C20H24N2O3/c1-25-18-9-5-8-17(14-18)11-13-22-20(24)15-19(23)21-12-10-16-6-3-2-4-7-16/h2-9,14H,10-13,15H2,1H3,(H,21,23)(H,22,24). The molecule has 2 rings (SSSR count). The highest BCUT2D eigenvalue weighted by atomic mass is 16.5. The molecular weight excluding hydrogens is 316 g/mol. The Labute approximate surface area is 148 Å². The lowest BCUT2D eigenvalue weighted by molar-refractivity contribution is -0.129. The fraction of sp³-hybridized carbons (Fsp3) is 0.300. The van der Waals surface area contributed by atoms with Crippen molar-refractivity contribution in [2.75, 3.05) is 20.2 Å². The van der Waals surface area contributed by atoms with Crippen molar-refractivity contribution in [1.82, 2.24) is 10.6 Å². The van der Waals surface area contributed by atoms with Crippen molar-refractivity contribution in [1.29, 1.82) is 0 Å². The molecule has 0 saturated carbocycles. The van der Waals surface area contributed by atoms with Crippen LogP contribution >= 0.6 is 0 Å². The molecule has 0 fully saturated rings. The van der Waals surface area contributed by atoms with Gasteiger partial charge in [-0.1, -0.05) is 42.5 Å². The monoisotopic (exact) mass is 340 g/mol. The minimum atomic E-state index is -0.264. The third-order valence-electron chi connectivity index (χ3n) is 3.77. The molecule has 0 aliphatic rings. The number of amides is 2. The molecule has 0 spiro atoms. The lowest BCUT2D eigenvalue weighted by atomic mass is 10.1. The number of methoxy groups -OCH3 is 1. The summed E-state index contributed by atoms with van der Waals surface area (Å²) in [6.45, 7) is 1.02. The smallest absolute Gasteiger partial charge is 0.229 e. The minimum Gasteiger partial charge on any atom is -0.497 e. The van der Waals surface area contributed by atoms with E-state index >= 15 is 0 Å². The van der Waals surface area contributed by atoms with Gasteiger partial charge in [-0.05, 0) is 36.1 Å². The Balaban J connectivity index is 1.61. The maximum atomic E-state index is 11.8. The summed E-state index contributed by atoms with van der Waals surface area (Å²) in [6, 6.07) is 17.6. The second-order valence-electron chi connectivity index (χ2n) is 5.71. The first kappa shape index (κ1) is 18.5. The molecule has 0 aliphatic carbocycles. The number of carbonyl (C=O) groups excluding carboxylic acids is 2. The second kappa shape index (κ2) is 10.1. The van der Waals surface area contributed by atoms with Gasteiger partial charge in [0.2, 0.25) is 11.8 Å². The molecule has 0 radical (unpaired) electrons. The summed E-state index contributed by atoms with van der Waals surface area (Å²) in [5, 5.41) is 5.54. The molecule has 0 atom stereocenters. The zero-order valence-electron chi connectivity index (χ0n) is 14.5. The van der Waals surface area contributed by atoms with Crippen LogP contribution in [0.25, 0.3) is 0 Å². The van der Waals surface area contributed by atoms with Crippen molar-refractivity contribution in [3.8, 4) is 5.75 Å². The highest BCUT2D eigenvalue weighted by Crippen LogP contribution is 2.12. The first-order chi connectivity index (χ1) is 12.2. The van der Waals surface area contributed by atoms with Gasteiger partial charge < -0.3 is 15.4 Å². The summed E-state index contributed by atoms with van der Waals surface area (Å²) in [6.07, 6.45) is 1.30. The molecule has 0 heterocycles. The molecule has 5 heteroatoms. The first-order valence-electron chi connectivity index (χ1n) is 8.37. The largest absolute Gasteiger partial charge is 0.497 e. The summed E-state index contributed by atoms with van der Waals surface area (Å²) < 4.78 is 5.16. The third kappa shape index (κ3) is 7.08. The Morgan fingerprint density at radius 3 is 2.08 bits per heavy atom. The Hall–Kier alpha value is -2.82. The van der Waals surface area contributed by atoms with E-state index < -0.39 is 0 Å².